The molecular weight excluding hydrogens is 746 g/mol. The number of fused-ring (bicyclic) bond motifs is 2. The van der Waals surface area contributed by atoms with Crippen LogP contribution >= 0.6 is 11.6 Å². The van der Waals surface area contributed by atoms with Gasteiger partial charge in [-0.05, 0) is 89.0 Å². The Labute approximate surface area is 336 Å². The first-order chi connectivity index (χ1) is 27.0. The lowest BCUT2D eigenvalue weighted by molar-refractivity contribution is -0.256. The Kier molecular flexibility index (Phi) is 17.7. The highest BCUT2D eigenvalue weighted by Crippen LogP contribution is 2.62. The number of halogens is 1. The van der Waals surface area contributed by atoms with E-state index in [0.717, 1.165) is 36.8 Å². The molecule has 314 valence electrons. The second kappa shape index (κ2) is 21.9. The SMILES string of the molecule is C=CCO[C@@]12Oc3ccc(OC(=O)NCC)cc3[C@H]3[C@H](CCCCO)[C@@H](CCCCO)C=C(C(=NOC(C)(C)C)C[C@@H]1N(CCOCCO)C(=O)OCCCl)[C@H]32. The summed E-state index contributed by atoms with van der Waals surface area (Å²) in [5.41, 5.74) is 1.64. The van der Waals surface area contributed by atoms with Gasteiger partial charge in [0.25, 0.3) is 0 Å². The van der Waals surface area contributed by atoms with E-state index in [9.17, 15) is 24.9 Å². The van der Waals surface area contributed by atoms with E-state index >= 15 is 0 Å². The first kappa shape index (κ1) is 45.3. The maximum absolute atomic E-state index is 14.1. The Balaban J connectivity index is 2.05. The molecule has 1 aromatic rings. The van der Waals surface area contributed by atoms with E-state index in [1.807, 2.05) is 33.8 Å². The van der Waals surface area contributed by atoms with E-state index in [1.54, 1.807) is 23.1 Å². The summed E-state index contributed by atoms with van der Waals surface area (Å²) in [6, 6.07) is 4.44. The highest BCUT2D eigenvalue weighted by atomic mass is 35.5. The molecule has 0 spiro atoms. The van der Waals surface area contributed by atoms with Crippen molar-refractivity contribution in [3.05, 3.63) is 48.1 Å². The summed E-state index contributed by atoms with van der Waals surface area (Å²) >= 11 is 5.99. The minimum atomic E-state index is -1.53. The summed E-state index contributed by atoms with van der Waals surface area (Å²) in [4.78, 5) is 34.5. The van der Waals surface area contributed by atoms with Crippen molar-refractivity contribution in [1.82, 2.24) is 10.2 Å². The van der Waals surface area contributed by atoms with Gasteiger partial charge in [-0.25, -0.2) is 9.59 Å². The van der Waals surface area contributed by atoms with Crippen molar-refractivity contribution in [2.75, 3.05) is 65.2 Å². The molecule has 4 rings (SSSR count). The molecule has 4 N–H and O–H groups in total. The lowest BCUT2D eigenvalue weighted by atomic mass is 9.55. The van der Waals surface area contributed by atoms with Gasteiger partial charge in [0.2, 0.25) is 5.79 Å². The summed E-state index contributed by atoms with van der Waals surface area (Å²) in [5.74, 6) is -1.52. The second-order valence-corrected chi connectivity index (χ2v) is 15.6. The summed E-state index contributed by atoms with van der Waals surface area (Å²) in [7, 11) is 0. The highest BCUT2D eigenvalue weighted by Gasteiger charge is 2.65. The van der Waals surface area contributed by atoms with Crippen LogP contribution < -0.4 is 14.8 Å². The van der Waals surface area contributed by atoms with Gasteiger partial charge < -0.3 is 49.2 Å². The molecule has 14 nitrogen and oxygen atoms in total. The van der Waals surface area contributed by atoms with Gasteiger partial charge in [0.05, 0.1) is 43.9 Å². The van der Waals surface area contributed by atoms with E-state index in [4.69, 9.17) is 45.3 Å². The second-order valence-electron chi connectivity index (χ2n) is 15.2. The lowest BCUT2D eigenvalue weighted by Gasteiger charge is -2.59. The molecule has 0 aromatic heterocycles. The van der Waals surface area contributed by atoms with Crippen LogP contribution in [0, 0.1) is 17.8 Å². The number of hydrogen-bond acceptors (Lipinski definition) is 12. The van der Waals surface area contributed by atoms with Crippen LogP contribution in [0.5, 0.6) is 11.5 Å². The molecule has 1 heterocycles. The zero-order valence-electron chi connectivity index (χ0n) is 33.4. The topological polar surface area (TPSA) is 178 Å². The van der Waals surface area contributed by atoms with Crippen LogP contribution in [0.25, 0.3) is 0 Å². The summed E-state index contributed by atoms with van der Waals surface area (Å²) in [5, 5.41) is 36.6. The fourth-order valence-corrected chi connectivity index (χ4v) is 8.18. The Bertz CT molecular complexity index is 1500. The highest BCUT2D eigenvalue weighted by molar-refractivity contribution is 6.18. The third kappa shape index (κ3) is 11.4. The summed E-state index contributed by atoms with van der Waals surface area (Å²) in [6.45, 7) is 12.1. The molecule has 3 aliphatic rings. The smallest absolute Gasteiger partial charge is 0.412 e. The standard InChI is InChI=1S/C41H62ClN3O11/c1-6-21-53-41-35(45(17-23-51-24-20-48)39(50)52-22-16-42)27-33(44-56-40(3,4)5)31-25-28(12-8-10-18-46)30(13-9-11-19-47)36(37(31)41)32-26-29(14-15-34(32)55-41)54-38(49)43-7-2/h6,14-15,25-26,28,30,35-37,46-48H,1,7-13,16-24,27H2,2-5H3,(H,43,49)/t28-,30+,35-,36+,37+,41+/m0/s1. The van der Waals surface area contributed by atoms with Crippen LogP contribution in [0.3, 0.4) is 0 Å². The van der Waals surface area contributed by atoms with Crippen molar-refractivity contribution in [2.24, 2.45) is 22.9 Å². The number of oxime groups is 1. The summed E-state index contributed by atoms with van der Waals surface area (Å²) in [6.07, 6.45) is 7.09. The van der Waals surface area contributed by atoms with E-state index < -0.39 is 35.5 Å². The van der Waals surface area contributed by atoms with Crippen LogP contribution in [-0.4, -0.2) is 121 Å². The van der Waals surface area contributed by atoms with Gasteiger partial charge in [-0.15, -0.1) is 18.2 Å². The van der Waals surface area contributed by atoms with Gasteiger partial charge in [-0.3, -0.25) is 4.90 Å². The van der Waals surface area contributed by atoms with Gasteiger partial charge in [0, 0.05) is 44.2 Å². The van der Waals surface area contributed by atoms with Crippen LogP contribution in [0.15, 0.2) is 47.7 Å². The van der Waals surface area contributed by atoms with Gasteiger partial charge >= 0.3 is 12.2 Å². The Morgan fingerprint density at radius 1 is 1.09 bits per heavy atom. The van der Waals surface area contributed by atoms with Crippen LogP contribution in [0.2, 0.25) is 0 Å². The van der Waals surface area contributed by atoms with Crippen LogP contribution in [0.4, 0.5) is 9.59 Å². The predicted octanol–water partition coefficient (Wildman–Crippen LogP) is 5.91. The van der Waals surface area contributed by atoms with Crippen molar-refractivity contribution in [1.29, 1.82) is 0 Å². The fraction of sp³-hybridized carbons (Fsp3) is 0.683. The molecule has 2 aliphatic carbocycles. The number of unbranched alkanes of at least 4 members (excludes halogenated alkanes) is 2. The van der Waals surface area contributed by atoms with Crippen molar-refractivity contribution < 1.29 is 53.4 Å². The molecule has 1 saturated carbocycles. The van der Waals surface area contributed by atoms with Crippen LogP contribution in [0.1, 0.15) is 84.1 Å². The number of ether oxygens (including phenoxy) is 5. The average Bonchev–Trinajstić information content (AvgIpc) is 3.16. The molecular formula is C41H62ClN3O11. The summed E-state index contributed by atoms with van der Waals surface area (Å²) < 4.78 is 31.2. The van der Waals surface area contributed by atoms with Gasteiger partial charge in [-0.2, -0.15) is 0 Å². The molecule has 6 atom stereocenters. The molecule has 56 heavy (non-hydrogen) atoms. The number of carbonyl (C=O) groups excluding carboxylic acids is 2. The van der Waals surface area contributed by atoms with Crippen molar-refractivity contribution >= 4 is 29.5 Å². The first-order valence-electron chi connectivity index (χ1n) is 19.9. The maximum atomic E-state index is 14.1. The van der Waals surface area contributed by atoms with Crippen molar-refractivity contribution in [3.63, 3.8) is 0 Å². The molecule has 1 fully saturated rings. The molecule has 15 heteroatoms. The van der Waals surface area contributed by atoms with E-state index in [1.165, 1.54) is 0 Å². The number of aliphatic hydroxyl groups is 3. The number of nitrogens with one attached hydrogen (secondary N) is 1. The third-order valence-corrected chi connectivity index (χ3v) is 10.4. The average molecular weight is 808 g/mol. The number of benzene rings is 1. The molecule has 0 saturated heterocycles. The lowest BCUT2D eigenvalue weighted by Crippen LogP contribution is -2.70. The van der Waals surface area contributed by atoms with E-state index in [-0.39, 0.29) is 82.8 Å². The fourth-order valence-electron chi connectivity index (χ4n) is 8.10. The van der Waals surface area contributed by atoms with E-state index in [2.05, 4.69) is 18.0 Å². The monoisotopic (exact) mass is 807 g/mol. The van der Waals surface area contributed by atoms with Crippen molar-refractivity contribution in [2.45, 2.75) is 96.0 Å². The molecule has 1 aliphatic heterocycles. The first-order valence-corrected chi connectivity index (χ1v) is 20.4. The largest absolute Gasteiger partial charge is 0.459 e. The third-order valence-electron chi connectivity index (χ3n) is 10.2. The number of alkyl halides is 1. The number of allylic oxidation sites excluding steroid dienone is 1. The Morgan fingerprint density at radius 3 is 2.50 bits per heavy atom. The Hall–Kier alpha value is -3.40. The quantitative estimate of drug-likeness (QED) is 0.0474. The van der Waals surface area contributed by atoms with Crippen LogP contribution in [-0.2, 0) is 19.0 Å². The number of rotatable bonds is 22. The number of hydrogen-bond donors (Lipinski definition) is 4. The molecule has 1 aromatic carbocycles. The normalized spacial score (nSPS) is 24.6. The number of amides is 2. The van der Waals surface area contributed by atoms with E-state index in [0.29, 0.717) is 36.6 Å². The van der Waals surface area contributed by atoms with Crippen molar-refractivity contribution in [3.8, 4) is 11.5 Å². The molecule has 2 amide bonds. The minimum absolute atomic E-state index is 0.0144. The molecule has 0 unspecified atom stereocenters. The number of carbonyl (C=O) groups is 2. The van der Waals surface area contributed by atoms with Gasteiger partial charge in [-0.1, -0.05) is 30.1 Å². The zero-order chi connectivity index (χ0) is 40.7. The number of aliphatic hydroxyl groups excluding tert-OH is 3. The zero-order valence-corrected chi connectivity index (χ0v) is 34.1. The Morgan fingerprint density at radius 2 is 1.84 bits per heavy atom. The van der Waals surface area contributed by atoms with Gasteiger partial charge in [0.1, 0.15) is 29.7 Å². The minimum Gasteiger partial charge on any atom is -0.459 e. The molecule has 0 radical (unpaired) electrons. The predicted molar refractivity (Wildman–Crippen MR) is 212 cm³/mol. The maximum Gasteiger partial charge on any atom is 0.412 e. The number of nitrogens with zero attached hydrogens (tertiary/aromatic N) is 2. The molecule has 0 bridgehead atoms. The van der Waals surface area contributed by atoms with Gasteiger partial charge in [0.15, 0.2) is 0 Å².